The SMILES string of the molecule is Cc1cc(N2CCOCC2)ccc1C1Nc2cc(Cl)ccc2-c2ccnn21. The van der Waals surface area contributed by atoms with Gasteiger partial charge in [-0.1, -0.05) is 17.7 Å². The maximum Gasteiger partial charge on any atom is 0.147 e. The highest BCUT2D eigenvalue weighted by Crippen LogP contribution is 2.40. The summed E-state index contributed by atoms with van der Waals surface area (Å²) < 4.78 is 7.52. The van der Waals surface area contributed by atoms with Crippen molar-refractivity contribution in [2.75, 3.05) is 36.5 Å². The molecule has 2 aromatic carbocycles. The van der Waals surface area contributed by atoms with Gasteiger partial charge in [0, 0.05) is 41.2 Å². The number of ether oxygens (including phenoxy) is 1. The molecular formula is C21H21ClN4O. The molecule has 1 aromatic heterocycles. The van der Waals surface area contributed by atoms with Gasteiger partial charge in [0.25, 0.3) is 0 Å². The molecule has 0 radical (unpaired) electrons. The van der Waals surface area contributed by atoms with Gasteiger partial charge in [0.05, 0.1) is 18.9 Å². The van der Waals surface area contributed by atoms with Crippen LogP contribution in [0, 0.1) is 6.92 Å². The fourth-order valence-corrected chi connectivity index (χ4v) is 4.17. The van der Waals surface area contributed by atoms with Crippen molar-refractivity contribution in [2.24, 2.45) is 0 Å². The highest BCUT2D eigenvalue weighted by molar-refractivity contribution is 6.31. The zero-order valence-electron chi connectivity index (χ0n) is 15.2. The molecule has 1 unspecified atom stereocenters. The lowest BCUT2D eigenvalue weighted by Gasteiger charge is -2.32. The Hall–Kier alpha value is -2.50. The fourth-order valence-electron chi connectivity index (χ4n) is 4.00. The van der Waals surface area contributed by atoms with E-state index in [-0.39, 0.29) is 6.17 Å². The number of fused-ring (bicyclic) bond motifs is 3. The van der Waals surface area contributed by atoms with Crippen LogP contribution in [0.15, 0.2) is 48.7 Å². The lowest BCUT2D eigenvalue weighted by molar-refractivity contribution is 0.122. The van der Waals surface area contributed by atoms with E-state index in [0.717, 1.165) is 48.3 Å². The zero-order chi connectivity index (χ0) is 18.4. The highest BCUT2D eigenvalue weighted by atomic mass is 35.5. The molecule has 1 N–H and O–H groups in total. The quantitative estimate of drug-likeness (QED) is 0.719. The van der Waals surface area contributed by atoms with Gasteiger partial charge in [-0.05, 0) is 54.4 Å². The third kappa shape index (κ3) is 2.87. The average molecular weight is 381 g/mol. The second kappa shape index (κ2) is 6.59. The van der Waals surface area contributed by atoms with Gasteiger partial charge in [-0.3, -0.25) is 0 Å². The first-order chi connectivity index (χ1) is 13.2. The van der Waals surface area contributed by atoms with Crippen molar-refractivity contribution in [2.45, 2.75) is 13.1 Å². The first kappa shape index (κ1) is 16.7. The maximum atomic E-state index is 6.23. The van der Waals surface area contributed by atoms with Gasteiger partial charge in [0.1, 0.15) is 6.17 Å². The molecule has 3 aromatic rings. The van der Waals surface area contributed by atoms with Crippen LogP contribution in [0.4, 0.5) is 11.4 Å². The summed E-state index contributed by atoms with van der Waals surface area (Å²) in [5.74, 6) is 0. The van der Waals surface area contributed by atoms with Crippen molar-refractivity contribution in [1.82, 2.24) is 9.78 Å². The molecule has 3 heterocycles. The van der Waals surface area contributed by atoms with Crippen LogP contribution in [0.2, 0.25) is 5.02 Å². The van der Waals surface area contributed by atoms with Crippen molar-refractivity contribution in [3.8, 4) is 11.3 Å². The summed E-state index contributed by atoms with van der Waals surface area (Å²) in [5, 5.41) is 8.93. The Labute approximate surface area is 163 Å². The molecule has 1 fully saturated rings. The second-order valence-electron chi connectivity index (χ2n) is 7.04. The Bertz CT molecular complexity index is 994. The number of morpholine rings is 1. The monoisotopic (exact) mass is 380 g/mol. The average Bonchev–Trinajstić information content (AvgIpc) is 3.18. The molecule has 1 atom stereocenters. The first-order valence-corrected chi connectivity index (χ1v) is 9.62. The summed E-state index contributed by atoms with van der Waals surface area (Å²) in [5.41, 5.74) is 6.96. The number of hydrogen-bond acceptors (Lipinski definition) is 4. The van der Waals surface area contributed by atoms with Crippen LogP contribution >= 0.6 is 11.6 Å². The number of benzene rings is 2. The summed E-state index contributed by atoms with van der Waals surface area (Å²) >= 11 is 6.23. The van der Waals surface area contributed by atoms with Crippen molar-refractivity contribution < 1.29 is 4.74 Å². The molecule has 6 heteroatoms. The minimum absolute atomic E-state index is 0.0558. The van der Waals surface area contributed by atoms with Crippen molar-refractivity contribution >= 4 is 23.0 Å². The van der Waals surface area contributed by atoms with Crippen molar-refractivity contribution in [3.63, 3.8) is 0 Å². The predicted molar refractivity (Wildman–Crippen MR) is 109 cm³/mol. The molecule has 0 saturated carbocycles. The van der Waals surface area contributed by atoms with Crippen LogP contribution < -0.4 is 10.2 Å². The van der Waals surface area contributed by atoms with Gasteiger partial charge in [-0.25, -0.2) is 4.68 Å². The number of hydrogen-bond donors (Lipinski definition) is 1. The van der Waals surface area contributed by atoms with E-state index in [9.17, 15) is 0 Å². The topological polar surface area (TPSA) is 42.3 Å². The lowest BCUT2D eigenvalue weighted by atomic mass is 10.0. The van der Waals surface area contributed by atoms with E-state index in [2.05, 4.69) is 46.5 Å². The fraction of sp³-hybridized carbons (Fsp3) is 0.286. The van der Waals surface area contributed by atoms with Gasteiger partial charge >= 0.3 is 0 Å². The number of nitrogens with one attached hydrogen (secondary N) is 1. The van der Waals surface area contributed by atoms with E-state index in [1.165, 1.54) is 16.8 Å². The smallest absolute Gasteiger partial charge is 0.147 e. The van der Waals surface area contributed by atoms with E-state index in [1.54, 1.807) is 0 Å². The minimum Gasteiger partial charge on any atom is -0.378 e. The van der Waals surface area contributed by atoms with E-state index in [0.29, 0.717) is 0 Å². The summed E-state index contributed by atoms with van der Waals surface area (Å²) in [6.07, 6.45) is 1.80. The minimum atomic E-state index is -0.0558. The number of aryl methyl sites for hydroxylation is 1. The summed E-state index contributed by atoms with van der Waals surface area (Å²) in [7, 11) is 0. The van der Waals surface area contributed by atoms with Crippen molar-refractivity contribution in [3.05, 3.63) is 64.8 Å². The number of anilines is 2. The molecule has 0 aliphatic carbocycles. The molecule has 5 rings (SSSR count). The number of rotatable bonds is 2. The van der Waals surface area contributed by atoms with Crippen LogP contribution in [0.3, 0.4) is 0 Å². The second-order valence-corrected chi connectivity index (χ2v) is 7.47. The maximum absolute atomic E-state index is 6.23. The standard InChI is InChI=1S/C21H21ClN4O/c1-14-12-16(25-8-10-27-11-9-25)3-5-17(14)21-24-19-13-15(22)2-4-18(19)20-6-7-23-26(20)21/h2-7,12-13,21,24H,8-11H2,1H3. The third-order valence-electron chi connectivity index (χ3n) is 5.39. The molecule has 1 saturated heterocycles. The Kier molecular flexibility index (Phi) is 4.06. The molecule has 27 heavy (non-hydrogen) atoms. The van der Waals surface area contributed by atoms with E-state index < -0.39 is 0 Å². The molecule has 2 aliphatic rings. The zero-order valence-corrected chi connectivity index (χ0v) is 15.9. The Morgan fingerprint density at radius 2 is 1.96 bits per heavy atom. The van der Waals surface area contributed by atoms with Gasteiger partial charge in [0.2, 0.25) is 0 Å². The van der Waals surface area contributed by atoms with Crippen molar-refractivity contribution in [1.29, 1.82) is 0 Å². The van der Waals surface area contributed by atoms with Crippen LogP contribution in [0.25, 0.3) is 11.3 Å². The van der Waals surface area contributed by atoms with Crippen LogP contribution in [-0.2, 0) is 4.74 Å². The normalized spacial score (nSPS) is 18.6. The summed E-state index contributed by atoms with van der Waals surface area (Å²) in [6, 6.07) is 14.7. The Balaban J connectivity index is 1.53. The van der Waals surface area contributed by atoms with E-state index in [1.807, 2.05) is 29.1 Å². The van der Waals surface area contributed by atoms with E-state index in [4.69, 9.17) is 16.3 Å². The predicted octanol–water partition coefficient (Wildman–Crippen LogP) is 4.32. The van der Waals surface area contributed by atoms with Gasteiger partial charge in [0.15, 0.2) is 0 Å². The first-order valence-electron chi connectivity index (χ1n) is 9.24. The van der Waals surface area contributed by atoms with Crippen LogP contribution in [0.5, 0.6) is 0 Å². The molecule has 138 valence electrons. The summed E-state index contributed by atoms with van der Waals surface area (Å²) in [4.78, 5) is 2.38. The molecule has 0 spiro atoms. The van der Waals surface area contributed by atoms with Gasteiger partial charge in [-0.2, -0.15) is 5.10 Å². The van der Waals surface area contributed by atoms with Gasteiger partial charge in [-0.15, -0.1) is 0 Å². The van der Waals surface area contributed by atoms with E-state index >= 15 is 0 Å². The number of aromatic nitrogens is 2. The molecular weight excluding hydrogens is 360 g/mol. The third-order valence-corrected chi connectivity index (χ3v) is 5.62. The number of halogens is 1. The highest BCUT2D eigenvalue weighted by Gasteiger charge is 2.27. The summed E-state index contributed by atoms with van der Waals surface area (Å²) in [6.45, 7) is 5.63. The van der Waals surface area contributed by atoms with Crippen LogP contribution in [0.1, 0.15) is 17.3 Å². The van der Waals surface area contributed by atoms with Gasteiger partial charge < -0.3 is 15.0 Å². The lowest BCUT2D eigenvalue weighted by Crippen LogP contribution is -2.36. The molecule has 5 nitrogen and oxygen atoms in total. The number of nitrogens with zero attached hydrogens (tertiary/aromatic N) is 3. The van der Waals surface area contributed by atoms with Crippen LogP contribution in [-0.4, -0.2) is 36.1 Å². The molecule has 0 bridgehead atoms. The Morgan fingerprint density at radius 3 is 2.78 bits per heavy atom. The Morgan fingerprint density at radius 1 is 1.11 bits per heavy atom. The molecule has 2 aliphatic heterocycles. The molecule has 0 amide bonds. The largest absolute Gasteiger partial charge is 0.378 e.